The van der Waals surface area contributed by atoms with Gasteiger partial charge in [-0.05, 0) is 30.9 Å². The van der Waals surface area contributed by atoms with E-state index >= 15 is 0 Å². The van der Waals surface area contributed by atoms with Crippen LogP contribution in [0.2, 0.25) is 0 Å². The standard InChI is InChI=1S/C27H35O4P/c1-5-7-12-21(6-2)17-29-18-22(30-27(28)20(3)4)19-32-26-16-11-9-14-24(26)23-13-8-10-15-25(23)31-32/h8-11,13-16,21-22H,3,5-7,12,17-19H2,1-2,4H3. The highest BCUT2D eigenvalue weighted by molar-refractivity contribution is 7.61. The van der Waals surface area contributed by atoms with Crippen molar-refractivity contribution in [3.05, 3.63) is 60.7 Å². The van der Waals surface area contributed by atoms with E-state index in [1.165, 1.54) is 30.1 Å². The van der Waals surface area contributed by atoms with Crippen molar-refractivity contribution < 1.29 is 18.8 Å². The maximum atomic E-state index is 12.3. The van der Waals surface area contributed by atoms with Crippen molar-refractivity contribution in [1.29, 1.82) is 0 Å². The van der Waals surface area contributed by atoms with Gasteiger partial charge in [-0.1, -0.05) is 82.2 Å². The molecule has 2 aromatic carbocycles. The van der Waals surface area contributed by atoms with Crippen molar-refractivity contribution in [2.75, 3.05) is 19.4 Å². The molecule has 0 amide bonds. The van der Waals surface area contributed by atoms with Crippen LogP contribution in [0.1, 0.15) is 46.5 Å². The molecule has 172 valence electrons. The smallest absolute Gasteiger partial charge is 0.333 e. The summed E-state index contributed by atoms with van der Waals surface area (Å²) in [5.74, 6) is 1.04. The number of ether oxygens (including phenoxy) is 2. The van der Waals surface area contributed by atoms with Crippen molar-refractivity contribution >= 4 is 19.4 Å². The van der Waals surface area contributed by atoms with Gasteiger partial charge < -0.3 is 14.0 Å². The number of hydrogen-bond acceptors (Lipinski definition) is 4. The summed E-state index contributed by atoms with van der Waals surface area (Å²) in [5.41, 5.74) is 2.69. The predicted octanol–water partition coefficient (Wildman–Crippen LogP) is 6.49. The Labute approximate surface area is 193 Å². The number of esters is 1. The van der Waals surface area contributed by atoms with Crippen LogP contribution in [-0.4, -0.2) is 31.4 Å². The Morgan fingerprint density at radius 2 is 1.78 bits per heavy atom. The molecule has 0 saturated carbocycles. The molecule has 0 fully saturated rings. The van der Waals surface area contributed by atoms with Gasteiger partial charge in [0.05, 0.1) is 6.61 Å². The third kappa shape index (κ3) is 6.43. The van der Waals surface area contributed by atoms with Crippen LogP contribution in [0.25, 0.3) is 11.1 Å². The first-order chi connectivity index (χ1) is 15.5. The minimum absolute atomic E-state index is 0.369. The SMILES string of the molecule is C=C(C)C(=O)OC(COCC(CC)CCCC)CP1Oc2ccccc2-c2ccccc21. The topological polar surface area (TPSA) is 44.8 Å². The number of carbonyl (C=O) groups excluding carboxylic acids is 1. The highest BCUT2D eigenvalue weighted by Crippen LogP contribution is 2.49. The van der Waals surface area contributed by atoms with Crippen LogP contribution in [0.4, 0.5) is 0 Å². The first kappa shape index (κ1) is 24.5. The molecule has 0 aromatic heterocycles. The fourth-order valence-electron chi connectivity index (χ4n) is 3.82. The number of para-hydroxylation sites is 1. The Morgan fingerprint density at radius 3 is 2.50 bits per heavy atom. The maximum absolute atomic E-state index is 12.3. The molecular weight excluding hydrogens is 419 g/mol. The van der Waals surface area contributed by atoms with E-state index in [1.54, 1.807) is 6.92 Å². The minimum atomic E-state index is -0.995. The van der Waals surface area contributed by atoms with Crippen LogP contribution >= 0.6 is 8.15 Å². The number of unbranched alkanes of at least 4 members (excludes halogenated alkanes) is 1. The molecule has 1 aliphatic heterocycles. The highest BCUT2D eigenvalue weighted by Gasteiger charge is 2.30. The van der Waals surface area contributed by atoms with E-state index in [0.717, 1.165) is 17.7 Å². The molecule has 32 heavy (non-hydrogen) atoms. The van der Waals surface area contributed by atoms with Crippen LogP contribution in [0.5, 0.6) is 5.75 Å². The summed E-state index contributed by atoms with van der Waals surface area (Å²) in [5, 5.41) is 1.17. The monoisotopic (exact) mass is 454 g/mol. The van der Waals surface area contributed by atoms with E-state index in [-0.39, 0.29) is 12.1 Å². The second-order valence-electron chi connectivity index (χ2n) is 8.43. The number of benzene rings is 2. The fraction of sp³-hybridized carbons (Fsp3) is 0.444. The van der Waals surface area contributed by atoms with Crippen molar-refractivity contribution in [1.82, 2.24) is 0 Å². The van der Waals surface area contributed by atoms with Gasteiger partial charge in [0.15, 0.2) is 0 Å². The molecule has 3 atom stereocenters. The van der Waals surface area contributed by atoms with Gasteiger partial charge in [0, 0.05) is 29.2 Å². The number of carbonyl (C=O) groups is 1. The summed E-state index contributed by atoms with van der Waals surface area (Å²) in [7, 11) is -0.995. The Bertz CT molecular complexity index is 910. The van der Waals surface area contributed by atoms with E-state index in [2.05, 4.69) is 44.7 Å². The molecule has 0 saturated heterocycles. The Morgan fingerprint density at radius 1 is 1.06 bits per heavy atom. The quantitative estimate of drug-likeness (QED) is 0.209. The molecule has 4 nitrogen and oxygen atoms in total. The summed E-state index contributed by atoms with van der Waals surface area (Å²) >= 11 is 0. The number of hydrogen-bond donors (Lipinski definition) is 0. The van der Waals surface area contributed by atoms with Gasteiger partial charge >= 0.3 is 5.97 Å². The molecule has 5 heteroatoms. The van der Waals surface area contributed by atoms with Gasteiger partial charge in [0.2, 0.25) is 0 Å². The normalized spacial score (nSPS) is 16.3. The molecule has 1 heterocycles. The second kappa shape index (κ2) is 12.2. The van der Waals surface area contributed by atoms with Gasteiger partial charge in [-0.15, -0.1) is 0 Å². The second-order valence-corrected chi connectivity index (χ2v) is 10.2. The van der Waals surface area contributed by atoms with Crippen molar-refractivity contribution in [3.8, 4) is 16.9 Å². The Balaban J connectivity index is 1.73. The van der Waals surface area contributed by atoms with Crippen LogP contribution in [0.3, 0.4) is 0 Å². The molecule has 0 spiro atoms. The summed E-state index contributed by atoms with van der Waals surface area (Å²) in [4.78, 5) is 12.3. The van der Waals surface area contributed by atoms with E-state index in [0.29, 0.717) is 30.9 Å². The van der Waals surface area contributed by atoms with E-state index < -0.39 is 8.15 Å². The largest absolute Gasteiger partial charge is 0.468 e. The third-order valence-corrected chi connectivity index (χ3v) is 7.83. The number of fused-ring (bicyclic) bond motifs is 3. The zero-order valence-corrected chi connectivity index (χ0v) is 20.4. The average Bonchev–Trinajstić information content (AvgIpc) is 2.81. The van der Waals surface area contributed by atoms with Crippen LogP contribution < -0.4 is 9.83 Å². The maximum Gasteiger partial charge on any atom is 0.333 e. The Kier molecular flexibility index (Phi) is 9.32. The van der Waals surface area contributed by atoms with Gasteiger partial charge in [0.1, 0.15) is 20.0 Å². The lowest BCUT2D eigenvalue weighted by molar-refractivity contribution is -0.146. The molecule has 0 aliphatic carbocycles. The van der Waals surface area contributed by atoms with Gasteiger partial charge in [-0.2, -0.15) is 0 Å². The summed E-state index contributed by atoms with van der Waals surface area (Å²) < 4.78 is 18.3. The first-order valence-electron chi connectivity index (χ1n) is 11.6. The Hall–Kier alpha value is -2.16. The lowest BCUT2D eigenvalue weighted by Gasteiger charge is -2.30. The van der Waals surface area contributed by atoms with E-state index in [4.69, 9.17) is 14.0 Å². The highest BCUT2D eigenvalue weighted by atomic mass is 31.1. The van der Waals surface area contributed by atoms with Crippen LogP contribution in [0, 0.1) is 5.92 Å². The first-order valence-corrected chi connectivity index (χ1v) is 13.1. The predicted molar refractivity (Wildman–Crippen MR) is 133 cm³/mol. The summed E-state index contributed by atoms with van der Waals surface area (Å²) in [6.45, 7) is 10.9. The molecular formula is C27H35O4P. The average molecular weight is 455 g/mol. The molecule has 2 aromatic rings. The van der Waals surface area contributed by atoms with E-state index in [1.807, 2.05) is 24.3 Å². The zero-order chi connectivity index (χ0) is 22.9. The zero-order valence-electron chi connectivity index (χ0n) is 19.5. The van der Waals surface area contributed by atoms with Gasteiger partial charge in [-0.3, -0.25) is 0 Å². The van der Waals surface area contributed by atoms with E-state index in [9.17, 15) is 4.79 Å². The molecule has 0 N–H and O–H groups in total. The lowest BCUT2D eigenvalue weighted by Crippen LogP contribution is -2.31. The molecule has 0 bridgehead atoms. The van der Waals surface area contributed by atoms with Crippen LogP contribution in [-0.2, 0) is 14.3 Å². The van der Waals surface area contributed by atoms with Gasteiger partial charge in [0.25, 0.3) is 0 Å². The lowest BCUT2D eigenvalue weighted by atomic mass is 10.0. The summed E-state index contributed by atoms with van der Waals surface area (Å²) in [6, 6.07) is 16.5. The molecule has 3 rings (SSSR count). The van der Waals surface area contributed by atoms with Gasteiger partial charge in [-0.25, -0.2) is 4.79 Å². The van der Waals surface area contributed by atoms with Crippen molar-refractivity contribution in [2.45, 2.75) is 52.6 Å². The molecule has 0 radical (unpaired) electrons. The minimum Gasteiger partial charge on any atom is -0.468 e. The van der Waals surface area contributed by atoms with Crippen molar-refractivity contribution in [2.24, 2.45) is 5.92 Å². The fourth-order valence-corrected chi connectivity index (χ4v) is 5.85. The third-order valence-electron chi connectivity index (χ3n) is 5.75. The summed E-state index contributed by atoms with van der Waals surface area (Å²) in [6.07, 6.45) is 4.88. The van der Waals surface area contributed by atoms with Crippen molar-refractivity contribution in [3.63, 3.8) is 0 Å². The van der Waals surface area contributed by atoms with Crippen LogP contribution in [0.15, 0.2) is 60.7 Å². The molecule has 1 aliphatic rings. The number of rotatable bonds is 12. The molecule has 3 unspecified atom stereocenters.